The van der Waals surface area contributed by atoms with Crippen LogP contribution in [0, 0.1) is 0 Å². The molecule has 0 saturated carbocycles. The standard InChI is InChI=1S/C13H13ClF3NO2S/c14-12-9(13(15,16)17)2-1-3-10(12)18-5-4-8(6-18)21-7-11(19)20/h1-3,8H,4-7H2,(H,19,20). The molecule has 0 spiro atoms. The van der Waals surface area contributed by atoms with Crippen LogP contribution in [0.15, 0.2) is 18.2 Å². The van der Waals surface area contributed by atoms with Crippen LogP contribution in [0.1, 0.15) is 12.0 Å². The van der Waals surface area contributed by atoms with Crippen molar-refractivity contribution in [1.29, 1.82) is 0 Å². The predicted molar refractivity (Wildman–Crippen MR) is 77.2 cm³/mol. The summed E-state index contributed by atoms with van der Waals surface area (Å²) in [6.45, 7) is 1.07. The van der Waals surface area contributed by atoms with Gasteiger partial charge < -0.3 is 10.0 Å². The highest BCUT2D eigenvalue weighted by molar-refractivity contribution is 8.00. The van der Waals surface area contributed by atoms with Crippen molar-refractivity contribution < 1.29 is 23.1 Å². The molecule has 1 N–H and O–H groups in total. The fourth-order valence-corrected chi connectivity index (χ4v) is 3.54. The SMILES string of the molecule is O=C(O)CSC1CCN(c2cccc(C(F)(F)F)c2Cl)C1. The highest BCUT2D eigenvalue weighted by Crippen LogP contribution is 2.40. The molecular weight excluding hydrogens is 327 g/mol. The van der Waals surface area contributed by atoms with Crippen molar-refractivity contribution in [2.75, 3.05) is 23.7 Å². The first-order valence-electron chi connectivity index (χ1n) is 6.23. The van der Waals surface area contributed by atoms with Crippen LogP contribution in [-0.4, -0.2) is 35.2 Å². The molecule has 0 radical (unpaired) electrons. The smallest absolute Gasteiger partial charge is 0.417 e. The third kappa shape index (κ3) is 3.97. The number of halogens is 4. The lowest BCUT2D eigenvalue weighted by atomic mass is 10.2. The van der Waals surface area contributed by atoms with Crippen LogP contribution in [0.5, 0.6) is 0 Å². The van der Waals surface area contributed by atoms with E-state index in [1.54, 1.807) is 11.0 Å². The van der Waals surface area contributed by atoms with Gasteiger partial charge in [-0.25, -0.2) is 0 Å². The number of alkyl halides is 3. The van der Waals surface area contributed by atoms with E-state index in [1.807, 2.05) is 0 Å². The van der Waals surface area contributed by atoms with Crippen molar-refractivity contribution in [3.8, 4) is 0 Å². The van der Waals surface area contributed by atoms with Crippen molar-refractivity contribution in [1.82, 2.24) is 0 Å². The largest absolute Gasteiger partial charge is 0.481 e. The summed E-state index contributed by atoms with van der Waals surface area (Å²) in [7, 11) is 0. The number of carbonyl (C=O) groups is 1. The second-order valence-electron chi connectivity index (χ2n) is 4.70. The lowest BCUT2D eigenvalue weighted by molar-refractivity contribution is -0.137. The van der Waals surface area contributed by atoms with Gasteiger partial charge in [0.2, 0.25) is 0 Å². The third-order valence-electron chi connectivity index (χ3n) is 3.21. The molecule has 2 rings (SSSR count). The molecule has 1 saturated heterocycles. The molecule has 1 atom stereocenters. The molecule has 1 aliphatic heterocycles. The third-order valence-corrected chi connectivity index (χ3v) is 4.88. The van der Waals surface area contributed by atoms with Gasteiger partial charge in [0.25, 0.3) is 0 Å². The number of anilines is 1. The van der Waals surface area contributed by atoms with Gasteiger partial charge in [0.05, 0.1) is 22.0 Å². The second-order valence-corrected chi connectivity index (χ2v) is 6.36. The molecule has 8 heteroatoms. The maximum atomic E-state index is 12.8. The number of carboxylic acid groups (broad SMARTS) is 1. The van der Waals surface area contributed by atoms with Gasteiger partial charge in [-0.15, -0.1) is 11.8 Å². The lowest BCUT2D eigenvalue weighted by Crippen LogP contribution is -2.22. The Morgan fingerprint density at radius 3 is 2.81 bits per heavy atom. The number of carboxylic acids is 1. The molecule has 1 aromatic carbocycles. The zero-order valence-electron chi connectivity index (χ0n) is 10.9. The number of nitrogens with zero attached hydrogens (tertiary/aromatic N) is 1. The minimum absolute atomic E-state index is 0.00513. The summed E-state index contributed by atoms with van der Waals surface area (Å²) in [5.74, 6) is -0.898. The summed E-state index contributed by atoms with van der Waals surface area (Å²) >= 11 is 7.19. The van der Waals surface area contributed by atoms with Crippen molar-refractivity contribution >= 4 is 35.0 Å². The minimum atomic E-state index is -4.48. The van der Waals surface area contributed by atoms with Gasteiger partial charge in [0, 0.05) is 18.3 Å². The fraction of sp³-hybridized carbons (Fsp3) is 0.462. The van der Waals surface area contributed by atoms with Crippen LogP contribution in [0.25, 0.3) is 0 Å². The van der Waals surface area contributed by atoms with E-state index < -0.39 is 17.7 Å². The van der Waals surface area contributed by atoms with Crippen LogP contribution >= 0.6 is 23.4 Å². The molecule has 1 aliphatic rings. The molecule has 0 aliphatic carbocycles. The fourth-order valence-electron chi connectivity index (χ4n) is 2.26. The molecule has 3 nitrogen and oxygen atoms in total. The summed E-state index contributed by atoms with van der Waals surface area (Å²) < 4.78 is 38.5. The van der Waals surface area contributed by atoms with Gasteiger partial charge in [0.1, 0.15) is 0 Å². The molecule has 1 aromatic rings. The van der Waals surface area contributed by atoms with Gasteiger partial charge in [-0.1, -0.05) is 17.7 Å². The van der Waals surface area contributed by atoms with Gasteiger partial charge in [-0.05, 0) is 18.6 Å². The molecular formula is C13H13ClF3NO2S. The number of thioether (sulfide) groups is 1. The maximum Gasteiger partial charge on any atom is 0.417 e. The van der Waals surface area contributed by atoms with E-state index in [0.717, 1.165) is 12.5 Å². The Labute approximate surface area is 129 Å². The van der Waals surface area contributed by atoms with Crippen LogP contribution in [-0.2, 0) is 11.0 Å². The molecule has 116 valence electrons. The molecule has 0 aromatic heterocycles. The minimum Gasteiger partial charge on any atom is -0.481 e. The molecule has 1 fully saturated rings. The quantitative estimate of drug-likeness (QED) is 0.907. The Balaban J connectivity index is 2.12. The van der Waals surface area contributed by atoms with E-state index in [-0.39, 0.29) is 16.0 Å². The first kappa shape index (κ1) is 16.3. The number of hydrogen-bond acceptors (Lipinski definition) is 3. The Kier molecular flexibility index (Phi) is 4.93. The normalized spacial score (nSPS) is 19.0. The predicted octanol–water partition coefficient (Wildman–Crippen LogP) is 3.76. The Morgan fingerprint density at radius 1 is 1.48 bits per heavy atom. The summed E-state index contributed by atoms with van der Waals surface area (Å²) in [6.07, 6.45) is -3.76. The first-order chi connectivity index (χ1) is 9.79. The number of benzene rings is 1. The summed E-state index contributed by atoms with van der Waals surface area (Å²) in [5, 5.41) is 8.44. The zero-order chi connectivity index (χ0) is 15.6. The molecule has 21 heavy (non-hydrogen) atoms. The maximum absolute atomic E-state index is 12.8. The van der Waals surface area contributed by atoms with Gasteiger partial charge in [0.15, 0.2) is 0 Å². The summed E-state index contributed by atoms with van der Waals surface area (Å²) in [5.41, 5.74) is -0.492. The van der Waals surface area contributed by atoms with Gasteiger partial charge in [-0.2, -0.15) is 13.2 Å². The van der Waals surface area contributed by atoms with E-state index in [1.165, 1.54) is 17.8 Å². The summed E-state index contributed by atoms with van der Waals surface area (Å²) in [6, 6.07) is 3.85. The topological polar surface area (TPSA) is 40.5 Å². The number of aliphatic carboxylic acids is 1. The van der Waals surface area contributed by atoms with Crippen molar-refractivity contribution in [2.45, 2.75) is 17.8 Å². The van der Waals surface area contributed by atoms with Crippen LogP contribution in [0.4, 0.5) is 18.9 Å². The van der Waals surface area contributed by atoms with Gasteiger partial charge >= 0.3 is 12.1 Å². The number of hydrogen-bond donors (Lipinski definition) is 1. The Bertz CT molecular complexity index is 539. The van der Waals surface area contributed by atoms with Gasteiger partial charge in [-0.3, -0.25) is 4.79 Å². The van der Waals surface area contributed by atoms with Crippen molar-refractivity contribution in [3.63, 3.8) is 0 Å². The lowest BCUT2D eigenvalue weighted by Gasteiger charge is -2.22. The van der Waals surface area contributed by atoms with E-state index in [4.69, 9.17) is 16.7 Å². The van der Waals surface area contributed by atoms with Crippen LogP contribution < -0.4 is 4.90 Å². The van der Waals surface area contributed by atoms with Crippen LogP contribution in [0.3, 0.4) is 0 Å². The number of rotatable bonds is 4. The molecule has 1 heterocycles. The van der Waals surface area contributed by atoms with Crippen molar-refractivity contribution in [2.24, 2.45) is 0 Å². The highest BCUT2D eigenvalue weighted by Gasteiger charge is 2.35. The average Bonchev–Trinajstić information content (AvgIpc) is 2.83. The molecule has 0 bridgehead atoms. The first-order valence-corrected chi connectivity index (χ1v) is 7.65. The second kappa shape index (κ2) is 6.36. The van der Waals surface area contributed by atoms with E-state index in [0.29, 0.717) is 18.8 Å². The highest BCUT2D eigenvalue weighted by atomic mass is 35.5. The van der Waals surface area contributed by atoms with E-state index >= 15 is 0 Å². The molecule has 0 amide bonds. The summed E-state index contributed by atoms with van der Waals surface area (Å²) in [4.78, 5) is 12.3. The Hall–Kier alpha value is -1.08. The Morgan fingerprint density at radius 2 is 2.19 bits per heavy atom. The average molecular weight is 340 g/mol. The van der Waals surface area contributed by atoms with Crippen molar-refractivity contribution in [3.05, 3.63) is 28.8 Å². The van der Waals surface area contributed by atoms with E-state index in [9.17, 15) is 18.0 Å². The van der Waals surface area contributed by atoms with Crippen LogP contribution in [0.2, 0.25) is 5.02 Å². The zero-order valence-corrected chi connectivity index (χ0v) is 12.4. The molecule has 1 unspecified atom stereocenters. The monoisotopic (exact) mass is 339 g/mol. The van der Waals surface area contributed by atoms with E-state index in [2.05, 4.69) is 0 Å².